The molecule has 0 aliphatic carbocycles. The molecule has 2 N–H and O–H groups in total. The first kappa shape index (κ1) is 18.7. The van der Waals surface area contributed by atoms with Crippen molar-refractivity contribution in [3.05, 3.63) is 22.7 Å². The highest BCUT2D eigenvalue weighted by Gasteiger charge is 2.24. The van der Waals surface area contributed by atoms with Crippen LogP contribution < -0.4 is 14.9 Å². The number of rotatable bonds is 4. The molecule has 0 spiro atoms. The summed E-state index contributed by atoms with van der Waals surface area (Å²) in [6.45, 7) is 1.64. The minimum atomic E-state index is -3.51. The molecule has 1 unspecified atom stereocenters. The van der Waals surface area contributed by atoms with E-state index in [2.05, 4.69) is 26.0 Å². The number of benzene rings is 1. The van der Waals surface area contributed by atoms with Gasteiger partial charge in [-0.1, -0.05) is 0 Å². The average molecular weight is 399 g/mol. The molecule has 5 nitrogen and oxygen atoms in total. The molecule has 21 heavy (non-hydrogen) atoms. The zero-order valence-corrected chi connectivity index (χ0v) is 15.3. The van der Waals surface area contributed by atoms with E-state index in [0.29, 0.717) is 11.0 Å². The Morgan fingerprint density at radius 2 is 2.10 bits per heavy atom. The molecule has 1 aliphatic rings. The van der Waals surface area contributed by atoms with Crippen LogP contribution in [0.2, 0.25) is 0 Å². The molecule has 120 valence electrons. The van der Waals surface area contributed by atoms with Crippen LogP contribution in [0.3, 0.4) is 0 Å². The Morgan fingerprint density at radius 1 is 1.38 bits per heavy atom. The summed E-state index contributed by atoms with van der Waals surface area (Å²) in [6.07, 6.45) is 1.86. The lowest BCUT2D eigenvalue weighted by Gasteiger charge is -2.24. The smallest absolute Gasteiger partial charge is 0.242 e. The van der Waals surface area contributed by atoms with Gasteiger partial charge in [0.15, 0.2) is 0 Å². The lowest BCUT2D eigenvalue weighted by molar-refractivity contribution is 0.428. The number of nitrogens with one attached hydrogen (secondary N) is 2. The highest BCUT2D eigenvalue weighted by atomic mass is 79.9. The van der Waals surface area contributed by atoms with E-state index < -0.39 is 10.0 Å². The van der Waals surface area contributed by atoms with Crippen molar-refractivity contribution >= 4 is 44.0 Å². The second-order valence-corrected chi connectivity index (χ2v) is 7.71. The first-order valence-electron chi connectivity index (χ1n) is 6.60. The minimum Gasteiger partial charge on any atom is -0.378 e. The molecule has 0 radical (unpaired) electrons. The summed E-state index contributed by atoms with van der Waals surface area (Å²) in [5, 5.41) is 3.21. The number of hydrogen-bond donors (Lipinski definition) is 2. The summed E-state index contributed by atoms with van der Waals surface area (Å²) >= 11 is 3.33. The zero-order chi connectivity index (χ0) is 14.8. The fraction of sp³-hybridized carbons (Fsp3) is 0.538. The predicted octanol–water partition coefficient (Wildman–Crippen LogP) is 1.97. The summed E-state index contributed by atoms with van der Waals surface area (Å²) < 4.78 is 28.4. The Morgan fingerprint density at radius 3 is 2.67 bits per heavy atom. The Bertz CT molecular complexity index is 575. The Kier molecular flexibility index (Phi) is 6.93. The van der Waals surface area contributed by atoms with Gasteiger partial charge in [0.2, 0.25) is 10.0 Å². The maximum Gasteiger partial charge on any atom is 0.242 e. The van der Waals surface area contributed by atoms with Gasteiger partial charge in [-0.25, -0.2) is 13.1 Å². The highest BCUT2D eigenvalue weighted by Crippen LogP contribution is 2.27. The van der Waals surface area contributed by atoms with Gasteiger partial charge in [-0.05, 0) is 53.5 Å². The van der Waals surface area contributed by atoms with E-state index in [-0.39, 0.29) is 23.3 Å². The van der Waals surface area contributed by atoms with E-state index in [0.717, 1.165) is 25.1 Å². The lowest BCUT2D eigenvalue weighted by Crippen LogP contribution is -2.45. The van der Waals surface area contributed by atoms with E-state index in [4.69, 9.17) is 0 Å². The number of hydrogen-bond acceptors (Lipinski definition) is 4. The van der Waals surface area contributed by atoms with Crippen LogP contribution in [0.4, 0.5) is 5.69 Å². The van der Waals surface area contributed by atoms with E-state index in [1.54, 1.807) is 12.1 Å². The molecule has 1 saturated heterocycles. The van der Waals surface area contributed by atoms with Crippen LogP contribution >= 0.6 is 28.3 Å². The van der Waals surface area contributed by atoms with Crippen molar-refractivity contribution in [1.82, 2.24) is 10.0 Å². The molecule has 0 bridgehead atoms. The number of halogens is 2. The van der Waals surface area contributed by atoms with Gasteiger partial charge in [0.1, 0.15) is 0 Å². The second kappa shape index (κ2) is 7.78. The van der Waals surface area contributed by atoms with Crippen LogP contribution in [0, 0.1) is 0 Å². The Labute approximate surface area is 141 Å². The molecule has 1 atom stereocenters. The first-order valence-corrected chi connectivity index (χ1v) is 8.88. The van der Waals surface area contributed by atoms with Crippen molar-refractivity contribution in [3.8, 4) is 0 Å². The van der Waals surface area contributed by atoms with Crippen LogP contribution in [0.5, 0.6) is 0 Å². The number of anilines is 1. The average Bonchev–Trinajstić information content (AvgIpc) is 2.39. The van der Waals surface area contributed by atoms with Crippen LogP contribution in [-0.2, 0) is 10.0 Å². The first-order chi connectivity index (χ1) is 9.40. The van der Waals surface area contributed by atoms with Gasteiger partial charge >= 0.3 is 0 Å². The van der Waals surface area contributed by atoms with Gasteiger partial charge in [-0.3, -0.25) is 0 Å². The molecule has 0 aromatic heterocycles. The molecule has 2 rings (SSSR count). The maximum absolute atomic E-state index is 12.5. The SMILES string of the molecule is CN(C)c1ccc(Br)c(S(=O)(=O)NC2CCCNC2)c1.Cl. The third-order valence-corrected chi connectivity index (χ3v) is 5.85. The molecular weight excluding hydrogens is 378 g/mol. The molecule has 8 heteroatoms. The van der Waals surface area contributed by atoms with Crippen molar-refractivity contribution < 1.29 is 8.42 Å². The number of nitrogens with zero attached hydrogens (tertiary/aromatic N) is 1. The van der Waals surface area contributed by atoms with Crippen LogP contribution in [0.25, 0.3) is 0 Å². The van der Waals surface area contributed by atoms with Crippen molar-refractivity contribution in [1.29, 1.82) is 0 Å². The Hall–Kier alpha value is -0.340. The molecule has 0 saturated carbocycles. The predicted molar refractivity (Wildman–Crippen MR) is 91.9 cm³/mol. The summed E-state index contributed by atoms with van der Waals surface area (Å²) in [6, 6.07) is 5.29. The van der Waals surface area contributed by atoms with Crippen LogP contribution in [0.15, 0.2) is 27.6 Å². The van der Waals surface area contributed by atoms with Gasteiger partial charge in [0.25, 0.3) is 0 Å². The topological polar surface area (TPSA) is 61.4 Å². The van der Waals surface area contributed by atoms with Crippen LogP contribution in [0.1, 0.15) is 12.8 Å². The van der Waals surface area contributed by atoms with Gasteiger partial charge < -0.3 is 10.2 Å². The van der Waals surface area contributed by atoms with Gasteiger partial charge in [-0.15, -0.1) is 12.4 Å². The summed E-state index contributed by atoms with van der Waals surface area (Å²) in [7, 11) is 0.264. The third-order valence-electron chi connectivity index (χ3n) is 3.34. The van der Waals surface area contributed by atoms with Gasteiger partial charge in [-0.2, -0.15) is 0 Å². The number of piperidine rings is 1. The largest absolute Gasteiger partial charge is 0.378 e. The van der Waals surface area contributed by atoms with Crippen molar-refractivity contribution in [3.63, 3.8) is 0 Å². The van der Waals surface area contributed by atoms with E-state index >= 15 is 0 Å². The van der Waals surface area contributed by atoms with Crippen molar-refractivity contribution in [2.45, 2.75) is 23.8 Å². The second-order valence-electron chi connectivity index (χ2n) is 5.17. The molecular formula is C13H21BrClN3O2S. The third kappa shape index (κ3) is 4.82. The van der Waals surface area contributed by atoms with Gasteiger partial charge in [0.05, 0.1) is 4.90 Å². The van der Waals surface area contributed by atoms with Crippen LogP contribution in [-0.4, -0.2) is 41.6 Å². The normalized spacial score (nSPS) is 18.9. The molecule has 1 aromatic rings. The summed E-state index contributed by atoms with van der Waals surface area (Å²) in [5.74, 6) is 0. The van der Waals surface area contributed by atoms with Gasteiger partial charge in [0, 0.05) is 36.8 Å². The Balaban J connectivity index is 0.00000220. The minimum absolute atomic E-state index is 0. The molecule has 1 aliphatic heterocycles. The summed E-state index contributed by atoms with van der Waals surface area (Å²) in [5.41, 5.74) is 0.857. The standard InChI is InChI=1S/C13H20BrN3O2S.ClH/c1-17(2)11-5-6-12(14)13(8-11)20(18,19)16-10-4-3-7-15-9-10;/h5-6,8,10,15-16H,3-4,7,9H2,1-2H3;1H. The number of sulfonamides is 1. The van der Waals surface area contributed by atoms with Crippen molar-refractivity contribution in [2.75, 3.05) is 32.1 Å². The molecule has 1 heterocycles. The zero-order valence-electron chi connectivity index (χ0n) is 12.1. The quantitative estimate of drug-likeness (QED) is 0.814. The molecule has 0 amide bonds. The maximum atomic E-state index is 12.5. The van der Waals surface area contributed by atoms with E-state index in [1.807, 2.05) is 25.1 Å². The monoisotopic (exact) mass is 397 g/mol. The molecule has 1 fully saturated rings. The fourth-order valence-electron chi connectivity index (χ4n) is 2.21. The fourth-order valence-corrected chi connectivity index (χ4v) is 4.47. The highest BCUT2D eigenvalue weighted by molar-refractivity contribution is 9.10. The lowest BCUT2D eigenvalue weighted by atomic mass is 10.1. The van der Waals surface area contributed by atoms with E-state index in [1.165, 1.54) is 0 Å². The van der Waals surface area contributed by atoms with E-state index in [9.17, 15) is 8.42 Å². The summed E-state index contributed by atoms with van der Waals surface area (Å²) in [4.78, 5) is 2.17. The molecule has 1 aromatic carbocycles. The van der Waals surface area contributed by atoms with Crippen molar-refractivity contribution in [2.24, 2.45) is 0 Å².